The minimum absolute atomic E-state index is 0.0109. The number of allylic oxidation sites excluding steroid dienone is 1. The Morgan fingerprint density at radius 1 is 1.12 bits per heavy atom. The molecule has 0 spiro atoms. The van der Waals surface area contributed by atoms with Crippen molar-refractivity contribution >= 4 is 46.8 Å². The van der Waals surface area contributed by atoms with Crippen molar-refractivity contribution in [1.82, 2.24) is 10.2 Å². The van der Waals surface area contributed by atoms with Crippen LogP contribution in [0.5, 0.6) is 0 Å². The van der Waals surface area contributed by atoms with Gasteiger partial charge in [0.15, 0.2) is 0 Å². The fourth-order valence-corrected chi connectivity index (χ4v) is 4.45. The summed E-state index contributed by atoms with van der Waals surface area (Å²) in [6.45, 7) is 3.62. The lowest BCUT2D eigenvalue weighted by Gasteiger charge is -2.29. The lowest BCUT2D eigenvalue weighted by Crippen LogP contribution is -2.43. The molecule has 0 aliphatic carbocycles. The largest absolute Gasteiger partial charge is 0.399 e. The zero-order chi connectivity index (χ0) is 24.3. The number of hydrogen-bond acceptors (Lipinski definition) is 2. The van der Waals surface area contributed by atoms with E-state index in [0.717, 1.165) is 32.0 Å². The number of hydrogen-bond donors (Lipinski definition) is 1. The zero-order valence-corrected chi connectivity index (χ0v) is 20.4. The molecule has 3 rings (SSSR count). The number of aryl methyl sites for hydroxylation is 1. The first-order chi connectivity index (χ1) is 15.5. The van der Waals surface area contributed by atoms with Crippen LogP contribution in [0, 0.1) is 6.92 Å². The summed E-state index contributed by atoms with van der Waals surface area (Å²) in [4.78, 5) is 14.9. The van der Waals surface area contributed by atoms with E-state index in [9.17, 15) is 18.0 Å². The van der Waals surface area contributed by atoms with E-state index in [-0.39, 0.29) is 32.6 Å². The molecule has 1 atom stereocenters. The fourth-order valence-electron chi connectivity index (χ4n) is 3.83. The topological polar surface area (TPSA) is 32.3 Å². The van der Waals surface area contributed by atoms with Gasteiger partial charge in [-0.1, -0.05) is 59.1 Å². The first-order valence-electron chi connectivity index (χ1n) is 10.4. The molecule has 0 radical (unpaired) electrons. The predicted molar refractivity (Wildman–Crippen MR) is 128 cm³/mol. The van der Waals surface area contributed by atoms with Gasteiger partial charge in [0.2, 0.25) is 0 Å². The molecule has 0 saturated carbocycles. The van der Waals surface area contributed by atoms with Gasteiger partial charge >= 0.3 is 6.18 Å². The Bertz CT molecular complexity index is 1020. The van der Waals surface area contributed by atoms with Gasteiger partial charge in [0.05, 0.1) is 21.0 Å². The molecule has 1 heterocycles. The molecule has 1 amide bonds. The van der Waals surface area contributed by atoms with Crippen LogP contribution in [-0.4, -0.2) is 43.2 Å². The van der Waals surface area contributed by atoms with Crippen molar-refractivity contribution in [2.45, 2.75) is 37.9 Å². The van der Waals surface area contributed by atoms with Gasteiger partial charge in [0.1, 0.15) is 0 Å². The maximum absolute atomic E-state index is 13.7. The summed E-state index contributed by atoms with van der Waals surface area (Å²) in [6, 6.07) is 7.41. The molecule has 33 heavy (non-hydrogen) atoms. The predicted octanol–water partition coefficient (Wildman–Crippen LogP) is 7.14. The SMILES string of the molecule is Cc1cc(C=CC(c2cc(Cl)c(Cl)c(Cl)c2)C(F)(F)F)ccc1C(=O)NC1CCN(C)CC1. The molecule has 3 nitrogen and oxygen atoms in total. The van der Waals surface area contributed by atoms with Crippen molar-refractivity contribution in [2.75, 3.05) is 20.1 Å². The van der Waals surface area contributed by atoms with E-state index >= 15 is 0 Å². The molecule has 1 saturated heterocycles. The van der Waals surface area contributed by atoms with E-state index in [2.05, 4.69) is 10.2 Å². The molecule has 1 unspecified atom stereocenters. The summed E-state index contributed by atoms with van der Waals surface area (Å²) in [5.74, 6) is -2.09. The van der Waals surface area contributed by atoms with Crippen molar-refractivity contribution in [2.24, 2.45) is 0 Å². The molecular weight excluding hydrogens is 496 g/mol. The third kappa shape index (κ3) is 6.66. The number of carbonyl (C=O) groups excluding carboxylic acids is 1. The molecule has 2 aromatic rings. The average Bonchev–Trinajstić information content (AvgIpc) is 2.72. The highest BCUT2D eigenvalue weighted by molar-refractivity contribution is 6.48. The van der Waals surface area contributed by atoms with Crippen LogP contribution in [0.1, 0.15) is 45.8 Å². The second kappa shape index (κ2) is 10.7. The van der Waals surface area contributed by atoms with Gasteiger partial charge < -0.3 is 10.2 Å². The maximum Gasteiger partial charge on any atom is 0.399 e. The van der Waals surface area contributed by atoms with E-state index in [1.54, 1.807) is 25.1 Å². The van der Waals surface area contributed by atoms with Gasteiger partial charge in [-0.3, -0.25) is 4.79 Å². The number of nitrogens with one attached hydrogen (secondary N) is 1. The van der Waals surface area contributed by atoms with Crippen LogP contribution in [0.25, 0.3) is 6.08 Å². The van der Waals surface area contributed by atoms with Crippen LogP contribution >= 0.6 is 34.8 Å². The van der Waals surface area contributed by atoms with Gasteiger partial charge in [0.25, 0.3) is 5.91 Å². The number of alkyl halides is 3. The number of halogens is 6. The lowest BCUT2D eigenvalue weighted by atomic mass is 9.96. The molecule has 178 valence electrons. The lowest BCUT2D eigenvalue weighted by molar-refractivity contribution is -0.139. The smallest absolute Gasteiger partial charge is 0.349 e. The van der Waals surface area contributed by atoms with Crippen molar-refractivity contribution in [1.29, 1.82) is 0 Å². The zero-order valence-electron chi connectivity index (χ0n) is 18.1. The summed E-state index contributed by atoms with van der Waals surface area (Å²) < 4.78 is 41.2. The molecule has 0 aromatic heterocycles. The average molecular weight is 520 g/mol. The van der Waals surface area contributed by atoms with Crippen LogP contribution in [0.4, 0.5) is 13.2 Å². The van der Waals surface area contributed by atoms with Gasteiger partial charge in [-0.15, -0.1) is 0 Å². The van der Waals surface area contributed by atoms with Crippen molar-refractivity contribution in [3.05, 3.63) is 73.7 Å². The van der Waals surface area contributed by atoms with Crippen LogP contribution in [0.15, 0.2) is 36.4 Å². The number of carbonyl (C=O) groups is 1. The summed E-state index contributed by atoms with van der Waals surface area (Å²) in [6.07, 6.45) is -0.359. The van der Waals surface area contributed by atoms with Crippen LogP contribution in [0.2, 0.25) is 15.1 Å². The van der Waals surface area contributed by atoms with Crippen LogP contribution in [0.3, 0.4) is 0 Å². The summed E-state index contributed by atoms with van der Waals surface area (Å²) >= 11 is 17.7. The summed E-state index contributed by atoms with van der Waals surface area (Å²) in [5.41, 5.74) is 1.63. The maximum atomic E-state index is 13.7. The standard InChI is InChI=1S/C24H24Cl3F3N2O/c1-14-11-15(3-5-18(14)23(33)31-17-7-9-32(2)10-8-17)4-6-19(24(28,29)30)16-12-20(25)22(27)21(26)13-16/h3-6,11-13,17,19H,7-10H2,1-2H3,(H,31,33). The summed E-state index contributed by atoms with van der Waals surface area (Å²) in [5, 5.41) is 2.98. The number of amides is 1. The summed E-state index contributed by atoms with van der Waals surface area (Å²) in [7, 11) is 2.05. The monoisotopic (exact) mass is 518 g/mol. The quantitative estimate of drug-likeness (QED) is 0.426. The molecule has 0 bridgehead atoms. The van der Waals surface area contributed by atoms with Crippen molar-refractivity contribution in [3.8, 4) is 0 Å². The minimum Gasteiger partial charge on any atom is -0.349 e. The van der Waals surface area contributed by atoms with E-state index in [1.807, 2.05) is 7.05 Å². The molecule has 1 N–H and O–H groups in total. The second-order valence-electron chi connectivity index (χ2n) is 8.30. The van der Waals surface area contributed by atoms with E-state index in [4.69, 9.17) is 34.8 Å². The Morgan fingerprint density at radius 2 is 1.73 bits per heavy atom. The fraction of sp³-hybridized carbons (Fsp3) is 0.375. The second-order valence-corrected chi connectivity index (χ2v) is 9.49. The third-order valence-electron chi connectivity index (χ3n) is 5.75. The highest BCUT2D eigenvalue weighted by Crippen LogP contribution is 2.41. The molecule has 1 aliphatic heterocycles. The molecule has 1 aliphatic rings. The Labute approximate surface area is 206 Å². The van der Waals surface area contributed by atoms with E-state index < -0.39 is 12.1 Å². The minimum atomic E-state index is -4.56. The number of rotatable bonds is 5. The Morgan fingerprint density at radius 3 is 2.27 bits per heavy atom. The van der Waals surface area contributed by atoms with E-state index in [1.165, 1.54) is 18.2 Å². The van der Waals surface area contributed by atoms with Crippen LogP contribution in [-0.2, 0) is 0 Å². The highest BCUT2D eigenvalue weighted by Gasteiger charge is 2.39. The van der Waals surface area contributed by atoms with Crippen LogP contribution < -0.4 is 5.32 Å². The van der Waals surface area contributed by atoms with Gasteiger partial charge in [-0.25, -0.2) is 0 Å². The number of benzene rings is 2. The van der Waals surface area contributed by atoms with Crippen molar-refractivity contribution in [3.63, 3.8) is 0 Å². The molecule has 1 fully saturated rings. The number of likely N-dealkylation sites (tertiary alicyclic amines) is 1. The Balaban J connectivity index is 1.78. The third-order valence-corrected chi connectivity index (χ3v) is 6.94. The van der Waals surface area contributed by atoms with Gasteiger partial charge in [-0.05, 0) is 74.8 Å². The Kier molecular flexibility index (Phi) is 8.38. The molecule has 2 aromatic carbocycles. The van der Waals surface area contributed by atoms with Crippen molar-refractivity contribution < 1.29 is 18.0 Å². The highest BCUT2D eigenvalue weighted by atomic mass is 35.5. The first kappa shape index (κ1) is 25.9. The normalized spacial score (nSPS) is 16.8. The van der Waals surface area contributed by atoms with Gasteiger partial charge in [-0.2, -0.15) is 13.2 Å². The molecular formula is C24H24Cl3F3N2O. The van der Waals surface area contributed by atoms with Gasteiger partial charge in [0, 0.05) is 11.6 Å². The van der Waals surface area contributed by atoms with E-state index in [0.29, 0.717) is 16.7 Å². The first-order valence-corrected chi connectivity index (χ1v) is 11.6. The molecule has 9 heteroatoms. The Hall–Kier alpha value is -1.73. The number of nitrogens with zero attached hydrogens (tertiary/aromatic N) is 1. The number of piperidine rings is 1.